The van der Waals surface area contributed by atoms with E-state index in [2.05, 4.69) is 10.3 Å². The number of pyridine rings is 1. The summed E-state index contributed by atoms with van der Waals surface area (Å²) in [6.07, 6.45) is 10.0. The first-order chi connectivity index (χ1) is 8.38. The molecule has 0 unspecified atom stereocenters. The summed E-state index contributed by atoms with van der Waals surface area (Å²) >= 11 is 0. The summed E-state index contributed by atoms with van der Waals surface area (Å²) in [5.74, 6) is 0.968. The van der Waals surface area contributed by atoms with E-state index in [0.717, 1.165) is 18.2 Å². The van der Waals surface area contributed by atoms with Gasteiger partial charge in [-0.05, 0) is 30.9 Å². The molecule has 1 aromatic heterocycles. The largest absolute Gasteiger partial charge is 0.384 e. The number of rotatable bonds is 5. The van der Waals surface area contributed by atoms with E-state index >= 15 is 0 Å². The normalized spacial score (nSPS) is 15.7. The van der Waals surface area contributed by atoms with Gasteiger partial charge in [-0.25, -0.2) is 4.98 Å². The van der Waals surface area contributed by atoms with Crippen molar-refractivity contribution in [2.75, 3.05) is 11.9 Å². The van der Waals surface area contributed by atoms with Crippen LogP contribution in [0.5, 0.6) is 0 Å². The van der Waals surface area contributed by atoms with E-state index in [1.807, 2.05) is 12.1 Å². The van der Waals surface area contributed by atoms with Gasteiger partial charge in [0.2, 0.25) is 0 Å². The zero-order valence-corrected chi connectivity index (χ0v) is 10.2. The zero-order valence-electron chi connectivity index (χ0n) is 10.2. The van der Waals surface area contributed by atoms with Gasteiger partial charge in [-0.1, -0.05) is 25.7 Å². The van der Waals surface area contributed by atoms with Crippen molar-refractivity contribution in [3.8, 4) is 6.07 Å². The second-order valence-electron chi connectivity index (χ2n) is 4.76. The molecule has 90 valence electrons. The fourth-order valence-electron chi connectivity index (χ4n) is 2.49. The molecule has 0 radical (unpaired) electrons. The third-order valence-electron chi connectivity index (χ3n) is 3.47. The Morgan fingerprint density at radius 3 is 2.82 bits per heavy atom. The Kier molecular flexibility index (Phi) is 4.37. The van der Waals surface area contributed by atoms with Gasteiger partial charge in [0.15, 0.2) is 0 Å². The van der Waals surface area contributed by atoms with Crippen LogP contribution in [0.3, 0.4) is 0 Å². The number of nitriles is 1. The third-order valence-corrected chi connectivity index (χ3v) is 3.47. The molecule has 0 bridgehead atoms. The molecule has 1 aliphatic carbocycles. The lowest BCUT2D eigenvalue weighted by Crippen LogP contribution is -2.04. The molecule has 0 atom stereocenters. The minimum Gasteiger partial charge on any atom is -0.384 e. The summed E-state index contributed by atoms with van der Waals surface area (Å²) in [5.41, 5.74) is 1.48. The van der Waals surface area contributed by atoms with Crippen molar-refractivity contribution < 1.29 is 0 Å². The van der Waals surface area contributed by atoms with E-state index in [9.17, 15) is 0 Å². The third kappa shape index (κ3) is 3.74. The lowest BCUT2D eigenvalue weighted by molar-refractivity contribution is 0.491. The van der Waals surface area contributed by atoms with Crippen LogP contribution in [0.4, 0.5) is 5.69 Å². The van der Waals surface area contributed by atoms with Crippen molar-refractivity contribution >= 4 is 5.69 Å². The average Bonchev–Trinajstić information content (AvgIpc) is 2.88. The lowest BCUT2D eigenvalue weighted by atomic mass is 10.0. The van der Waals surface area contributed by atoms with Crippen LogP contribution in [0.15, 0.2) is 18.3 Å². The number of anilines is 1. The first-order valence-electron chi connectivity index (χ1n) is 6.48. The Morgan fingerprint density at radius 2 is 2.18 bits per heavy atom. The Labute approximate surface area is 103 Å². The predicted molar refractivity (Wildman–Crippen MR) is 68.6 cm³/mol. The van der Waals surface area contributed by atoms with Crippen LogP contribution in [0.2, 0.25) is 0 Å². The van der Waals surface area contributed by atoms with Gasteiger partial charge in [-0.2, -0.15) is 5.26 Å². The molecule has 2 rings (SSSR count). The molecule has 3 heteroatoms. The zero-order chi connectivity index (χ0) is 11.9. The molecule has 1 aliphatic rings. The molecule has 1 aromatic rings. The maximum Gasteiger partial charge on any atom is 0.140 e. The molecule has 0 amide bonds. The second kappa shape index (κ2) is 6.24. The highest BCUT2D eigenvalue weighted by atomic mass is 14.9. The number of hydrogen-bond acceptors (Lipinski definition) is 3. The Bertz CT molecular complexity index is 371. The molecule has 1 fully saturated rings. The van der Waals surface area contributed by atoms with Gasteiger partial charge in [0.05, 0.1) is 11.9 Å². The van der Waals surface area contributed by atoms with Crippen molar-refractivity contribution in [3.63, 3.8) is 0 Å². The Morgan fingerprint density at radius 1 is 1.35 bits per heavy atom. The first kappa shape index (κ1) is 11.9. The van der Waals surface area contributed by atoms with Gasteiger partial charge in [0, 0.05) is 6.54 Å². The number of hydrogen-bond donors (Lipinski definition) is 1. The van der Waals surface area contributed by atoms with Gasteiger partial charge >= 0.3 is 0 Å². The van der Waals surface area contributed by atoms with E-state index in [1.54, 1.807) is 12.3 Å². The summed E-state index contributed by atoms with van der Waals surface area (Å²) in [7, 11) is 0. The van der Waals surface area contributed by atoms with E-state index in [1.165, 1.54) is 38.5 Å². The fraction of sp³-hybridized carbons (Fsp3) is 0.571. The van der Waals surface area contributed by atoms with E-state index in [-0.39, 0.29) is 0 Å². The van der Waals surface area contributed by atoms with Crippen LogP contribution in [-0.2, 0) is 0 Å². The van der Waals surface area contributed by atoms with Crippen LogP contribution < -0.4 is 5.32 Å². The number of nitrogens with zero attached hydrogens (tertiary/aromatic N) is 2. The van der Waals surface area contributed by atoms with E-state index < -0.39 is 0 Å². The maximum atomic E-state index is 8.63. The Hall–Kier alpha value is -1.56. The highest BCUT2D eigenvalue weighted by Gasteiger charge is 2.13. The van der Waals surface area contributed by atoms with Crippen LogP contribution in [0, 0.1) is 17.2 Å². The smallest absolute Gasteiger partial charge is 0.140 e. The van der Waals surface area contributed by atoms with Gasteiger partial charge in [0.1, 0.15) is 11.8 Å². The van der Waals surface area contributed by atoms with Crippen molar-refractivity contribution in [1.29, 1.82) is 5.26 Å². The SMILES string of the molecule is N#Cc1ccc(NCCCC2CCCC2)cn1. The minimum absolute atomic E-state index is 0.474. The molecule has 1 heterocycles. The lowest BCUT2D eigenvalue weighted by Gasteiger charge is -2.09. The number of aromatic nitrogens is 1. The highest BCUT2D eigenvalue weighted by Crippen LogP contribution is 2.28. The number of nitrogens with one attached hydrogen (secondary N) is 1. The molecule has 1 saturated carbocycles. The van der Waals surface area contributed by atoms with E-state index in [4.69, 9.17) is 5.26 Å². The topological polar surface area (TPSA) is 48.7 Å². The van der Waals surface area contributed by atoms with E-state index in [0.29, 0.717) is 5.69 Å². The summed E-state index contributed by atoms with van der Waals surface area (Å²) in [5, 5.41) is 12.0. The predicted octanol–water partition coefficient (Wildman–Crippen LogP) is 3.34. The van der Waals surface area contributed by atoms with Crippen molar-refractivity contribution in [2.45, 2.75) is 38.5 Å². The summed E-state index contributed by atoms with van der Waals surface area (Å²) in [6.45, 7) is 1.00. The highest BCUT2D eigenvalue weighted by molar-refractivity contribution is 5.42. The quantitative estimate of drug-likeness (QED) is 0.788. The molecule has 0 aliphatic heterocycles. The summed E-state index contributed by atoms with van der Waals surface area (Å²) < 4.78 is 0. The van der Waals surface area contributed by atoms with Crippen molar-refractivity contribution in [3.05, 3.63) is 24.0 Å². The molecule has 0 saturated heterocycles. The van der Waals surface area contributed by atoms with Gasteiger partial charge in [0.25, 0.3) is 0 Å². The maximum absolute atomic E-state index is 8.63. The second-order valence-corrected chi connectivity index (χ2v) is 4.76. The standard InChI is InChI=1S/C14H19N3/c15-10-13-7-8-14(11-17-13)16-9-3-6-12-4-1-2-5-12/h7-8,11-12,16H,1-6,9H2. The average molecular weight is 229 g/mol. The summed E-state index contributed by atoms with van der Waals surface area (Å²) in [4.78, 5) is 4.03. The summed E-state index contributed by atoms with van der Waals surface area (Å²) in [6, 6.07) is 5.69. The minimum atomic E-state index is 0.474. The van der Waals surface area contributed by atoms with Crippen LogP contribution in [-0.4, -0.2) is 11.5 Å². The van der Waals surface area contributed by atoms with Gasteiger partial charge in [-0.3, -0.25) is 0 Å². The monoisotopic (exact) mass is 229 g/mol. The van der Waals surface area contributed by atoms with Crippen molar-refractivity contribution in [2.24, 2.45) is 5.92 Å². The molecule has 17 heavy (non-hydrogen) atoms. The molecule has 3 nitrogen and oxygen atoms in total. The van der Waals surface area contributed by atoms with Gasteiger partial charge < -0.3 is 5.32 Å². The first-order valence-corrected chi connectivity index (χ1v) is 6.48. The molecule has 0 spiro atoms. The van der Waals surface area contributed by atoms with Crippen molar-refractivity contribution in [1.82, 2.24) is 4.98 Å². The van der Waals surface area contributed by atoms with Crippen LogP contribution in [0.25, 0.3) is 0 Å². The van der Waals surface area contributed by atoms with Crippen LogP contribution in [0.1, 0.15) is 44.2 Å². The van der Waals surface area contributed by atoms with Gasteiger partial charge in [-0.15, -0.1) is 0 Å². The fourth-order valence-corrected chi connectivity index (χ4v) is 2.49. The van der Waals surface area contributed by atoms with Crippen LogP contribution >= 0.6 is 0 Å². The Balaban J connectivity index is 1.65. The molecular weight excluding hydrogens is 210 g/mol. The molecule has 1 N–H and O–H groups in total. The molecular formula is C14H19N3. The molecule has 0 aromatic carbocycles.